The van der Waals surface area contributed by atoms with Gasteiger partial charge in [0.1, 0.15) is 5.75 Å². The zero-order chi connectivity index (χ0) is 15.2. The van der Waals surface area contributed by atoms with Gasteiger partial charge in [-0.05, 0) is 24.6 Å². The van der Waals surface area contributed by atoms with Crippen LogP contribution in [0.25, 0.3) is 0 Å². The normalized spacial score (nSPS) is 11.8. The van der Waals surface area contributed by atoms with Crippen LogP contribution in [-0.2, 0) is 4.79 Å². The SMILES string of the molecule is CC[C@H](O)c1ccccc1Oc1ccccc1NC(C)=O. The van der Waals surface area contributed by atoms with Gasteiger partial charge in [-0.25, -0.2) is 0 Å². The highest BCUT2D eigenvalue weighted by atomic mass is 16.5. The van der Waals surface area contributed by atoms with Crippen LogP contribution in [0.5, 0.6) is 11.5 Å². The minimum atomic E-state index is -0.575. The van der Waals surface area contributed by atoms with Gasteiger partial charge in [0.05, 0.1) is 11.8 Å². The number of nitrogens with one attached hydrogen (secondary N) is 1. The molecule has 0 unspecified atom stereocenters. The fraction of sp³-hybridized carbons (Fsp3) is 0.235. The molecule has 0 bridgehead atoms. The first-order valence-electron chi connectivity index (χ1n) is 6.93. The van der Waals surface area contributed by atoms with E-state index in [4.69, 9.17) is 4.74 Å². The van der Waals surface area contributed by atoms with Crippen LogP contribution in [0.15, 0.2) is 48.5 Å². The van der Waals surface area contributed by atoms with Crippen molar-refractivity contribution in [3.8, 4) is 11.5 Å². The maximum absolute atomic E-state index is 11.2. The first-order valence-corrected chi connectivity index (χ1v) is 6.93. The van der Waals surface area contributed by atoms with E-state index in [9.17, 15) is 9.90 Å². The Kier molecular flexibility index (Phi) is 4.95. The second-order valence-electron chi connectivity index (χ2n) is 4.74. The van der Waals surface area contributed by atoms with Crippen molar-refractivity contribution in [2.24, 2.45) is 0 Å². The molecule has 1 atom stereocenters. The molecule has 0 heterocycles. The lowest BCUT2D eigenvalue weighted by atomic mass is 10.1. The number of hydrogen-bond acceptors (Lipinski definition) is 3. The standard InChI is InChI=1S/C17H19NO3/c1-3-15(20)13-8-4-6-10-16(13)21-17-11-7-5-9-14(17)18-12(2)19/h4-11,15,20H,3H2,1-2H3,(H,18,19)/t15-/m0/s1. The molecule has 4 heteroatoms. The van der Waals surface area contributed by atoms with Crippen LogP contribution in [0.3, 0.4) is 0 Å². The molecule has 2 rings (SSSR count). The van der Waals surface area contributed by atoms with Crippen molar-refractivity contribution in [2.75, 3.05) is 5.32 Å². The molecule has 4 nitrogen and oxygen atoms in total. The summed E-state index contributed by atoms with van der Waals surface area (Å²) in [7, 11) is 0. The van der Waals surface area contributed by atoms with E-state index in [2.05, 4.69) is 5.32 Å². The fourth-order valence-electron chi connectivity index (χ4n) is 2.04. The molecule has 0 aliphatic heterocycles. The van der Waals surface area contributed by atoms with E-state index in [1.165, 1.54) is 6.92 Å². The van der Waals surface area contributed by atoms with Crippen LogP contribution in [0.4, 0.5) is 5.69 Å². The summed E-state index contributed by atoms with van der Waals surface area (Å²) in [6.07, 6.45) is 0.0300. The molecule has 110 valence electrons. The fourth-order valence-corrected chi connectivity index (χ4v) is 2.04. The Labute approximate surface area is 124 Å². The Bertz CT molecular complexity index is 625. The number of carbonyl (C=O) groups excluding carboxylic acids is 1. The van der Waals surface area contributed by atoms with Crippen LogP contribution in [0, 0.1) is 0 Å². The van der Waals surface area contributed by atoms with Gasteiger partial charge in [-0.1, -0.05) is 37.3 Å². The first-order chi connectivity index (χ1) is 10.1. The van der Waals surface area contributed by atoms with Crippen molar-refractivity contribution in [2.45, 2.75) is 26.4 Å². The third-order valence-electron chi connectivity index (χ3n) is 3.08. The summed E-state index contributed by atoms with van der Waals surface area (Å²) in [4.78, 5) is 11.2. The minimum absolute atomic E-state index is 0.159. The third-order valence-corrected chi connectivity index (χ3v) is 3.08. The molecule has 0 saturated carbocycles. The maximum atomic E-state index is 11.2. The van der Waals surface area contributed by atoms with Gasteiger partial charge >= 0.3 is 0 Å². The Hall–Kier alpha value is -2.33. The molecule has 2 aromatic rings. The molecule has 1 amide bonds. The number of rotatable bonds is 5. The van der Waals surface area contributed by atoms with Gasteiger partial charge in [-0.3, -0.25) is 4.79 Å². The second kappa shape index (κ2) is 6.90. The first kappa shape index (κ1) is 15.1. The summed E-state index contributed by atoms with van der Waals surface area (Å²) in [6.45, 7) is 3.36. The molecule has 21 heavy (non-hydrogen) atoms. The van der Waals surface area contributed by atoms with Crippen LogP contribution in [0.2, 0.25) is 0 Å². The summed E-state index contributed by atoms with van der Waals surface area (Å²) >= 11 is 0. The number of carbonyl (C=O) groups is 1. The van der Waals surface area contributed by atoms with Crippen molar-refractivity contribution in [3.05, 3.63) is 54.1 Å². The summed E-state index contributed by atoms with van der Waals surface area (Å²) in [5.41, 5.74) is 1.34. The van der Waals surface area contributed by atoms with E-state index in [-0.39, 0.29) is 5.91 Å². The van der Waals surface area contributed by atoms with Crippen LogP contribution >= 0.6 is 0 Å². The molecule has 0 aromatic heterocycles. The third kappa shape index (κ3) is 3.83. The van der Waals surface area contributed by atoms with Gasteiger partial charge in [0, 0.05) is 12.5 Å². The van der Waals surface area contributed by atoms with E-state index >= 15 is 0 Å². The molecular weight excluding hydrogens is 266 g/mol. The Morgan fingerprint density at radius 1 is 1.14 bits per heavy atom. The quantitative estimate of drug-likeness (QED) is 0.876. The van der Waals surface area contributed by atoms with Crippen molar-refractivity contribution in [1.29, 1.82) is 0 Å². The molecular formula is C17H19NO3. The van der Waals surface area contributed by atoms with E-state index < -0.39 is 6.10 Å². The topological polar surface area (TPSA) is 58.6 Å². The van der Waals surface area contributed by atoms with Gasteiger partial charge in [-0.15, -0.1) is 0 Å². The zero-order valence-electron chi connectivity index (χ0n) is 12.2. The number of anilines is 1. The predicted molar refractivity (Wildman–Crippen MR) is 82.5 cm³/mol. The maximum Gasteiger partial charge on any atom is 0.221 e. The average Bonchev–Trinajstić information content (AvgIpc) is 2.48. The second-order valence-corrected chi connectivity index (χ2v) is 4.74. The molecule has 0 radical (unpaired) electrons. The van der Waals surface area contributed by atoms with Gasteiger partial charge in [0.2, 0.25) is 5.91 Å². The minimum Gasteiger partial charge on any atom is -0.455 e. The summed E-state index contributed by atoms with van der Waals surface area (Å²) < 4.78 is 5.89. The molecule has 0 fully saturated rings. The van der Waals surface area contributed by atoms with Gasteiger partial charge in [0.15, 0.2) is 5.75 Å². The Morgan fingerprint density at radius 2 is 1.76 bits per heavy atom. The van der Waals surface area contributed by atoms with Crippen LogP contribution in [0.1, 0.15) is 31.9 Å². The molecule has 0 aliphatic carbocycles. The number of para-hydroxylation sites is 3. The lowest BCUT2D eigenvalue weighted by Gasteiger charge is -2.16. The highest BCUT2D eigenvalue weighted by molar-refractivity contribution is 5.90. The number of benzene rings is 2. The highest BCUT2D eigenvalue weighted by Gasteiger charge is 2.13. The van der Waals surface area contributed by atoms with E-state index in [0.29, 0.717) is 23.6 Å². The number of aliphatic hydroxyl groups excluding tert-OH is 1. The van der Waals surface area contributed by atoms with E-state index in [1.54, 1.807) is 18.2 Å². The summed E-state index contributed by atoms with van der Waals surface area (Å²) in [5, 5.41) is 12.8. The number of hydrogen-bond donors (Lipinski definition) is 2. The molecule has 2 aromatic carbocycles. The lowest BCUT2D eigenvalue weighted by Crippen LogP contribution is -2.07. The van der Waals surface area contributed by atoms with Gasteiger partial charge in [0.25, 0.3) is 0 Å². The van der Waals surface area contributed by atoms with Crippen LogP contribution < -0.4 is 10.1 Å². The lowest BCUT2D eigenvalue weighted by molar-refractivity contribution is -0.114. The summed E-state index contributed by atoms with van der Waals surface area (Å²) in [5.74, 6) is 0.973. The van der Waals surface area contributed by atoms with Crippen molar-refractivity contribution < 1.29 is 14.6 Å². The zero-order valence-corrected chi connectivity index (χ0v) is 12.2. The molecule has 2 N–H and O–H groups in total. The number of amides is 1. The largest absolute Gasteiger partial charge is 0.455 e. The average molecular weight is 285 g/mol. The van der Waals surface area contributed by atoms with E-state index in [0.717, 1.165) is 5.56 Å². The van der Waals surface area contributed by atoms with E-state index in [1.807, 2.05) is 37.3 Å². The van der Waals surface area contributed by atoms with Gasteiger partial charge in [-0.2, -0.15) is 0 Å². The number of ether oxygens (including phenoxy) is 1. The molecule has 0 aliphatic rings. The predicted octanol–water partition coefficient (Wildman–Crippen LogP) is 3.88. The molecule has 0 spiro atoms. The van der Waals surface area contributed by atoms with Gasteiger partial charge < -0.3 is 15.2 Å². The van der Waals surface area contributed by atoms with Crippen LogP contribution in [-0.4, -0.2) is 11.0 Å². The monoisotopic (exact) mass is 285 g/mol. The Morgan fingerprint density at radius 3 is 2.43 bits per heavy atom. The smallest absolute Gasteiger partial charge is 0.221 e. The van der Waals surface area contributed by atoms with Crippen molar-refractivity contribution in [1.82, 2.24) is 0 Å². The number of aliphatic hydroxyl groups is 1. The molecule has 0 saturated heterocycles. The van der Waals surface area contributed by atoms with Crippen molar-refractivity contribution >= 4 is 11.6 Å². The summed E-state index contributed by atoms with van der Waals surface area (Å²) in [6, 6.07) is 14.6. The Balaban J connectivity index is 2.33. The van der Waals surface area contributed by atoms with Crippen molar-refractivity contribution in [3.63, 3.8) is 0 Å². The highest BCUT2D eigenvalue weighted by Crippen LogP contribution is 2.34.